The average Bonchev–Trinajstić information content (AvgIpc) is 2.19. The Bertz CT molecular complexity index is 112. The van der Waals surface area contributed by atoms with Gasteiger partial charge in [-0.25, -0.2) is 0 Å². The van der Waals surface area contributed by atoms with Crippen LogP contribution in [0.15, 0.2) is 0 Å². The summed E-state index contributed by atoms with van der Waals surface area (Å²) in [6, 6.07) is 0. The fraction of sp³-hybridized carbons (Fsp3) is 1.00. The van der Waals surface area contributed by atoms with Crippen LogP contribution in [0.25, 0.3) is 0 Å². The van der Waals surface area contributed by atoms with Crippen LogP contribution in [0, 0.1) is 5.92 Å². The van der Waals surface area contributed by atoms with Gasteiger partial charge in [0, 0.05) is 6.61 Å². The molecule has 0 amide bonds. The molecule has 0 aliphatic carbocycles. The molecule has 0 aliphatic rings. The highest BCUT2D eigenvalue weighted by Crippen LogP contribution is 2.10. The van der Waals surface area contributed by atoms with Gasteiger partial charge in [-0.1, -0.05) is 40.0 Å². The number of aliphatic hydroxyl groups is 2. The summed E-state index contributed by atoms with van der Waals surface area (Å²) >= 11 is 0. The molecule has 0 aliphatic heterocycles. The van der Waals surface area contributed by atoms with E-state index < -0.39 is 5.60 Å². The van der Waals surface area contributed by atoms with Crippen molar-refractivity contribution in [2.24, 2.45) is 5.92 Å². The van der Waals surface area contributed by atoms with Crippen molar-refractivity contribution in [1.29, 1.82) is 0 Å². The molecule has 2 N–H and O–H groups in total. The zero-order valence-corrected chi connectivity index (χ0v) is 11.2. The van der Waals surface area contributed by atoms with Gasteiger partial charge in [-0.15, -0.1) is 0 Å². The SMILES string of the molecule is CCC(C)(C)O.CCCCC(CC)CO. The Morgan fingerprint density at radius 1 is 1.13 bits per heavy atom. The molecule has 0 spiro atoms. The molecule has 0 fully saturated rings. The molecular formula is C13H30O2. The summed E-state index contributed by atoms with van der Waals surface area (Å²) in [5.74, 6) is 0.560. The Kier molecular flexibility index (Phi) is 12.1. The van der Waals surface area contributed by atoms with Gasteiger partial charge >= 0.3 is 0 Å². The summed E-state index contributed by atoms with van der Waals surface area (Å²) in [6.45, 7) is 10.2. The summed E-state index contributed by atoms with van der Waals surface area (Å²) in [5, 5.41) is 17.6. The Morgan fingerprint density at radius 2 is 1.60 bits per heavy atom. The number of aliphatic hydroxyl groups excluding tert-OH is 1. The molecule has 15 heavy (non-hydrogen) atoms. The Labute approximate surface area is 95.7 Å². The summed E-state index contributed by atoms with van der Waals surface area (Å²) in [6.07, 6.45) is 5.66. The van der Waals surface area contributed by atoms with E-state index in [4.69, 9.17) is 10.2 Å². The minimum absolute atomic E-state index is 0.372. The summed E-state index contributed by atoms with van der Waals surface area (Å²) < 4.78 is 0. The predicted octanol–water partition coefficient (Wildman–Crippen LogP) is 3.36. The number of hydrogen-bond donors (Lipinski definition) is 2. The maximum atomic E-state index is 8.83. The highest BCUT2D eigenvalue weighted by Gasteiger charge is 2.05. The standard InChI is InChI=1S/C8H18O.C5H12O/c1-3-5-6-8(4-2)7-9;1-4-5(2,3)6/h8-9H,3-7H2,1-2H3;6H,4H2,1-3H3. The molecule has 2 heteroatoms. The van der Waals surface area contributed by atoms with E-state index in [0.717, 1.165) is 12.8 Å². The van der Waals surface area contributed by atoms with E-state index in [9.17, 15) is 0 Å². The van der Waals surface area contributed by atoms with Gasteiger partial charge in [0.2, 0.25) is 0 Å². The molecule has 0 radical (unpaired) electrons. The van der Waals surface area contributed by atoms with Gasteiger partial charge in [-0.3, -0.25) is 0 Å². The first-order chi connectivity index (χ1) is 6.91. The fourth-order valence-corrected chi connectivity index (χ4v) is 0.917. The van der Waals surface area contributed by atoms with Crippen LogP contribution in [0.2, 0.25) is 0 Å². The van der Waals surface area contributed by atoms with Crippen LogP contribution >= 0.6 is 0 Å². The van der Waals surface area contributed by atoms with Crippen molar-refractivity contribution in [3.63, 3.8) is 0 Å². The monoisotopic (exact) mass is 218 g/mol. The highest BCUT2D eigenvalue weighted by atomic mass is 16.3. The number of unbranched alkanes of at least 4 members (excludes halogenated alkanes) is 1. The lowest BCUT2D eigenvalue weighted by molar-refractivity contribution is 0.0765. The highest BCUT2D eigenvalue weighted by molar-refractivity contribution is 4.59. The van der Waals surface area contributed by atoms with Crippen molar-refractivity contribution in [3.8, 4) is 0 Å². The van der Waals surface area contributed by atoms with E-state index in [1.54, 1.807) is 13.8 Å². The molecule has 0 rings (SSSR count). The molecule has 94 valence electrons. The van der Waals surface area contributed by atoms with Crippen molar-refractivity contribution < 1.29 is 10.2 Å². The van der Waals surface area contributed by atoms with E-state index in [-0.39, 0.29) is 0 Å². The molecule has 0 bridgehead atoms. The van der Waals surface area contributed by atoms with E-state index in [2.05, 4.69) is 13.8 Å². The number of rotatable bonds is 6. The van der Waals surface area contributed by atoms with Crippen molar-refractivity contribution in [1.82, 2.24) is 0 Å². The lowest BCUT2D eigenvalue weighted by Gasteiger charge is -2.11. The minimum atomic E-state index is -0.458. The lowest BCUT2D eigenvalue weighted by atomic mass is 10.0. The second kappa shape index (κ2) is 10.4. The Hall–Kier alpha value is -0.0800. The van der Waals surface area contributed by atoms with Gasteiger partial charge in [-0.05, 0) is 32.6 Å². The molecule has 0 aromatic heterocycles. The molecule has 2 nitrogen and oxygen atoms in total. The maximum Gasteiger partial charge on any atom is 0.0589 e. The molecule has 1 atom stereocenters. The van der Waals surface area contributed by atoms with Crippen molar-refractivity contribution in [2.75, 3.05) is 6.61 Å². The van der Waals surface area contributed by atoms with Gasteiger partial charge in [0.15, 0.2) is 0 Å². The fourth-order valence-electron chi connectivity index (χ4n) is 0.917. The number of hydrogen-bond acceptors (Lipinski definition) is 2. The first-order valence-corrected chi connectivity index (χ1v) is 6.24. The Morgan fingerprint density at radius 3 is 1.80 bits per heavy atom. The van der Waals surface area contributed by atoms with Gasteiger partial charge in [0.25, 0.3) is 0 Å². The maximum absolute atomic E-state index is 8.83. The largest absolute Gasteiger partial charge is 0.396 e. The molecule has 0 saturated heterocycles. The average molecular weight is 218 g/mol. The molecular weight excluding hydrogens is 188 g/mol. The molecule has 0 aromatic carbocycles. The van der Waals surface area contributed by atoms with Crippen molar-refractivity contribution in [2.45, 2.75) is 72.3 Å². The first kappa shape index (κ1) is 17.3. The third-order valence-corrected chi connectivity index (χ3v) is 2.67. The minimum Gasteiger partial charge on any atom is -0.396 e. The summed E-state index contributed by atoms with van der Waals surface area (Å²) in [4.78, 5) is 0. The summed E-state index contributed by atoms with van der Waals surface area (Å²) in [5.41, 5.74) is -0.458. The van der Waals surface area contributed by atoms with E-state index in [1.807, 2.05) is 6.92 Å². The van der Waals surface area contributed by atoms with Crippen LogP contribution in [0.1, 0.15) is 66.7 Å². The van der Waals surface area contributed by atoms with E-state index in [0.29, 0.717) is 12.5 Å². The molecule has 1 unspecified atom stereocenters. The van der Waals surface area contributed by atoms with Crippen molar-refractivity contribution in [3.05, 3.63) is 0 Å². The Balaban J connectivity index is 0. The molecule has 0 heterocycles. The lowest BCUT2D eigenvalue weighted by Crippen LogP contribution is -2.15. The normalized spacial score (nSPS) is 13.0. The third-order valence-electron chi connectivity index (χ3n) is 2.67. The predicted molar refractivity (Wildman–Crippen MR) is 67.0 cm³/mol. The summed E-state index contributed by atoms with van der Waals surface area (Å²) in [7, 11) is 0. The van der Waals surface area contributed by atoms with Gasteiger partial charge in [-0.2, -0.15) is 0 Å². The molecule has 0 aromatic rings. The zero-order valence-electron chi connectivity index (χ0n) is 11.2. The van der Waals surface area contributed by atoms with E-state index >= 15 is 0 Å². The third kappa shape index (κ3) is 16.6. The molecule has 0 saturated carbocycles. The van der Waals surface area contributed by atoms with Gasteiger partial charge in [0.1, 0.15) is 0 Å². The van der Waals surface area contributed by atoms with Crippen LogP contribution < -0.4 is 0 Å². The van der Waals surface area contributed by atoms with Gasteiger partial charge < -0.3 is 10.2 Å². The van der Waals surface area contributed by atoms with Crippen LogP contribution in [-0.2, 0) is 0 Å². The first-order valence-electron chi connectivity index (χ1n) is 6.24. The van der Waals surface area contributed by atoms with Crippen LogP contribution in [0.4, 0.5) is 0 Å². The quantitative estimate of drug-likeness (QED) is 0.717. The van der Waals surface area contributed by atoms with Crippen LogP contribution in [0.5, 0.6) is 0 Å². The second-order valence-electron chi connectivity index (χ2n) is 4.77. The smallest absolute Gasteiger partial charge is 0.0589 e. The topological polar surface area (TPSA) is 40.5 Å². The van der Waals surface area contributed by atoms with E-state index in [1.165, 1.54) is 19.3 Å². The zero-order chi connectivity index (χ0) is 12.3. The second-order valence-corrected chi connectivity index (χ2v) is 4.77. The van der Waals surface area contributed by atoms with Crippen LogP contribution in [0.3, 0.4) is 0 Å². The van der Waals surface area contributed by atoms with Crippen LogP contribution in [-0.4, -0.2) is 22.4 Å². The van der Waals surface area contributed by atoms with Gasteiger partial charge in [0.05, 0.1) is 5.60 Å². The van der Waals surface area contributed by atoms with Crippen molar-refractivity contribution >= 4 is 0 Å².